The monoisotopic (exact) mass is 575 g/mol. The van der Waals surface area contributed by atoms with Gasteiger partial charge in [-0.2, -0.15) is 0 Å². The molecule has 0 aliphatic heterocycles. The highest BCUT2D eigenvalue weighted by Crippen LogP contribution is 2.49. The molecule has 0 N–H and O–H groups in total. The highest BCUT2D eigenvalue weighted by atomic mass is 15.0. The smallest absolute Gasteiger partial charge is 0.164 e. The van der Waals surface area contributed by atoms with Crippen LogP contribution < -0.4 is 0 Å². The lowest BCUT2D eigenvalue weighted by molar-refractivity contribution is 0.660. The molecule has 0 unspecified atom stereocenters. The maximum absolute atomic E-state index is 5.06. The number of benzene rings is 5. The molecule has 1 aromatic heterocycles. The van der Waals surface area contributed by atoms with Gasteiger partial charge in [-0.3, -0.25) is 0 Å². The summed E-state index contributed by atoms with van der Waals surface area (Å²) < 4.78 is 0. The highest BCUT2D eigenvalue weighted by molar-refractivity contribution is 5.83. The summed E-state index contributed by atoms with van der Waals surface area (Å²) in [6, 6.07) is 54.4. The fraction of sp³-hybridized carbons (Fsp3) is 0.0714. The van der Waals surface area contributed by atoms with Gasteiger partial charge in [-0.25, -0.2) is 15.0 Å². The first-order valence-corrected chi connectivity index (χ1v) is 15.2. The fourth-order valence-corrected chi connectivity index (χ4v) is 6.39. The van der Waals surface area contributed by atoms with Gasteiger partial charge in [-0.15, -0.1) is 0 Å². The molecule has 1 aliphatic rings. The Kier molecular flexibility index (Phi) is 6.36. The minimum Gasteiger partial charge on any atom is -0.208 e. The highest BCUT2D eigenvalue weighted by Gasteiger charge is 2.35. The Hall–Kier alpha value is -5.85. The van der Waals surface area contributed by atoms with Crippen molar-refractivity contribution in [2.45, 2.75) is 19.3 Å². The van der Waals surface area contributed by atoms with Crippen LogP contribution in [0.25, 0.3) is 67.5 Å². The summed E-state index contributed by atoms with van der Waals surface area (Å²) in [4.78, 5) is 15.1. The van der Waals surface area contributed by atoms with Gasteiger partial charge in [0.15, 0.2) is 17.5 Å². The molecule has 0 saturated carbocycles. The lowest BCUT2D eigenvalue weighted by Gasteiger charge is -2.21. The summed E-state index contributed by atoms with van der Waals surface area (Å²) >= 11 is 0. The predicted octanol–water partition coefficient (Wildman–Crippen LogP) is 10.1. The Balaban J connectivity index is 1.24. The Morgan fingerprint density at radius 3 is 1.58 bits per heavy atom. The van der Waals surface area contributed by atoms with Crippen molar-refractivity contribution in [2.75, 3.05) is 0 Å². The fourth-order valence-electron chi connectivity index (χ4n) is 6.39. The van der Waals surface area contributed by atoms with Crippen LogP contribution in [-0.4, -0.2) is 15.0 Å². The lowest BCUT2D eigenvalue weighted by Crippen LogP contribution is -2.15. The number of hydrogen-bond acceptors (Lipinski definition) is 3. The molecule has 0 saturated heterocycles. The molecule has 1 aliphatic carbocycles. The van der Waals surface area contributed by atoms with E-state index in [-0.39, 0.29) is 5.41 Å². The van der Waals surface area contributed by atoms with Crippen LogP contribution in [0.15, 0.2) is 140 Å². The van der Waals surface area contributed by atoms with E-state index in [0.717, 1.165) is 33.4 Å². The number of hydrogen-bond donors (Lipinski definition) is 0. The van der Waals surface area contributed by atoms with E-state index < -0.39 is 0 Å². The van der Waals surface area contributed by atoms with Crippen LogP contribution in [-0.2, 0) is 5.41 Å². The van der Waals surface area contributed by atoms with E-state index in [2.05, 4.69) is 141 Å². The third-order valence-corrected chi connectivity index (χ3v) is 8.86. The van der Waals surface area contributed by atoms with E-state index in [1.54, 1.807) is 0 Å². The van der Waals surface area contributed by atoms with Crippen LogP contribution in [0.1, 0.15) is 25.0 Å². The second-order valence-electron chi connectivity index (χ2n) is 12.0. The molecule has 3 heteroatoms. The van der Waals surface area contributed by atoms with Crippen LogP contribution >= 0.6 is 0 Å². The molecule has 1 heterocycles. The van der Waals surface area contributed by atoms with E-state index in [0.29, 0.717) is 17.5 Å². The summed E-state index contributed by atoms with van der Waals surface area (Å²) in [6.45, 7) is 4.59. The van der Waals surface area contributed by atoms with Crippen molar-refractivity contribution in [1.82, 2.24) is 15.0 Å². The van der Waals surface area contributed by atoms with Gasteiger partial charge in [0.2, 0.25) is 0 Å². The molecule has 0 radical (unpaired) electrons. The molecule has 3 nitrogen and oxygen atoms in total. The molecule has 212 valence electrons. The number of rotatable bonds is 5. The average molecular weight is 576 g/mol. The summed E-state index contributed by atoms with van der Waals surface area (Å²) in [7, 11) is 0. The van der Waals surface area contributed by atoms with Crippen LogP contribution in [0.3, 0.4) is 0 Å². The quantitative estimate of drug-likeness (QED) is 0.205. The van der Waals surface area contributed by atoms with E-state index in [4.69, 9.17) is 15.0 Å². The zero-order valence-electron chi connectivity index (χ0n) is 25.1. The second-order valence-corrected chi connectivity index (χ2v) is 12.0. The SMILES string of the molecule is CC1(C)c2ccccc2-c2ccc(-c3nc(-c4ccc(-c5cc#ccc5)cc4)nc(-c4ccc(-c5ccccc5)cc4)n3)cc21. The Labute approximate surface area is 264 Å². The molecule has 0 spiro atoms. The third kappa shape index (κ3) is 4.78. The van der Waals surface area contributed by atoms with Crippen molar-refractivity contribution < 1.29 is 0 Å². The van der Waals surface area contributed by atoms with Crippen molar-refractivity contribution >= 4 is 0 Å². The van der Waals surface area contributed by atoms with Gasteiger partial charge in [-0.05, 0) is 68.8 Å². The van der Waals surface area contributed by atoms with Crippen LogP contribution in [0, 0.1) is 12.1 Å². The lowest BCUT2D eigenvalue weighted by atomic mass is 9.82. The first-order valence-electron chi connectivity index (χ1n) is 15.2. The zero-order chi connectivity index (χ0) is 30.4. The average Bonchev–Trinajstić information content (AvgIpc) is 3.34. The Bertz CT molecular complexity index is 2050. The van der Waals surface area contributed by atoms with Gasteiger partial charge in [-0.1, -0.05) is 141 Å². The molecule has 0 bridgehead atoms. The normalized spacial score (nSPS) is 12.7. The van der Waals surface area contributed by atoms with Crippen molar-refractivity contribution in [3.63, 3.8) is 0 Å². The van der Waals surface area contributed by atoms with Crippen LogP contribution in [0.4, 0.5) is 0 Å². The molecule has 7 aromatic rings. The summed E-state index contributed by atoms with van der Waals surface area (Å²) in [5.41, 5.74) is 12.5. The number of nitrogens with zero attached hydrogens (tertiary/aromatic N) is 3. The van der Waals surface area contributed by atoms with E-state index in [1.165, 1.54) is 27.8 Å². The summed E-state index contributed by atoms with van der Waals surface area (Å²) in [5.74, 6) is 1.95. The molecule has 8 rings (SSSR count). The molecular formula is C42H29N3. The molecule has 0 fully saturated rings. The minimum atomic E-state index is -0.115. The summed E-state index contributed by atoms with van der Waals surface area (Å²) in [5, 5.41) is 0. The van der Waals surface area contributed by atoms with Crippen molar-refractivity contribution in [2.24, 2.45) is 0 Å². The predicted molar refractivity (Wildman–Crippen MR) is 182 cm³/mol. The largest absolute Gasteiger partial charge is 0.208 e. The number of fused-ring (bicyclic) bond motifs is 3. The first-order chi connectivity index (χ1) is 22.0. The maximum Gasteiger partial charge on any atom is 0.164 e. The van der Waals surface area contributed by atoms with Gasteiger partial charge >= 0.3 is 0 Å². The second kappa shape index (κ2) is 10.7. The van der Waals surface area contributed by atoms with Crippen molar-refractivity contribution in [3.8, 4) is 67.5 Å². The topological polar surface area (TPSA) is 38.7 Å². The molecule has 6 aromatic carbocycles. The zero-order valence-corrected chi connectivity index (χ0v) is 25.1. The van der Waals surface area contributed by atoms with Crippen molar-refractivity contribution in [3.05, 3.63) is 163 Å². The minimum absolute atomic E-state index is 0.115. The van der Waals surface area contributed by atoms with Crippen LogP contribution in [0.5, 0.6) is 0 Å². The third-order valence-electron chi connectivity index (χ3n) is 8.86. The number of aromatic nitrogens is 3. The van der Waals surface area contributed by atoms with E-state index >= 15 is 0 Å². The van der Waals surface area contributed by atoms with E-state index in [1.807, 2.05) is 24.3 Å². The summed E-state index contributed by atoms with van der Waals surface area (Å²) in [6.07, 6.45) is 0. The van der Waals surface area contributed by atoms with Gasteiger partial charge in [0.1, 0.15) is 0 Å². The van der Waals surface area contributed by atoms with Gasteiger partial charge in [0.25, 0.3) is 0 Å². The molecule has 45 heavy (non-hydrogen) atoms. The van der Waals surface area contributed by atoms with E-state index in [9.17, 15) is 0 Å². The first kappa shape index (κ1) is 26.8. The van der Waals surface area contributed by atoms with Crippen molar-refractivity contribution in [1.29, 1.82) is 0 Å². The molecule has 0 atom stereocenters. The van der Waals surface area contributed by atoms with Crippen LogP contribution in [0.2, 0.25) is 0 Å². The van der Waals surface area contributed by atoms with Gasteiger partial charge in [0, 0.05) is 22.1 Å². The molecule has 0 amide bonds. The molecular weight excluding hydrogens is 546 g/mol. The Morgan fingerprint density at radius 2 is 0.933 bits per heavy atom. The van der Waals surface area contributed by atoms with Gasteiger partial charge < -0.3 is 0 Å². The van der Waals surface area contributed by atoms with Gasteiger partial charge in [0.05, 0.1) is 0 Å². The maximum atomic E-state index is 5.06. The standard InChI is InChI=1S/C42H29N3/c1-42(2)37-16-10-9-15-35(37)36-26-25-34(27-38(36)42)41-44-39(32-21-17-30(18-22-32)28-11-5-3-6-12-28)43-40(45-41)33-23-19-31(20-24-33)29-13-7-4-8-14-29/h3,5-7,9-27H,1-2H3. The Morgan fingerprint density at radius 1 is 0.422 bits per heavy atom.